The van der Waals surface area contributed by atoms with Gasteiger partial charge in [-0.15, -0.1) is 22.7 Å². The van der Waals surface area contributed by atoms with Gasteiger partial charge in [-0.25, -0.2) is 4.79 Å². The number of carboxylic acid groups (broad SMARTS) is 1. The van der Waals surface area contributed by atoms with Gasteiger partial charge in [0.05, 0.1) is 15.0 Å². The van der Waals surface area contributed by atoms with E-state index in [4.69, 9.17) is 0 Å². The molecule has 0 radical (unpaired) electrons. The Hall–Kier alpha value is -1.85. The summed E-state index contributed by atoms with van der Waals surface area (Å²) in [6.07, 6.45) is 0. The summed E-state index contributed by atoms with van der Waals surface area (Å²) in [6, 6.07) is 3.59. The molecule has 0 aliphatic heterocycles. The molecule has 0 bridgehead atoms. The van der Waals surface area contributed by atoms with Crippen molar-refractivity contribution in [2.24, 2.45) is 0 Å². The molecule has 2 aromatic heterocycles. The molecule has 1 aromatic carbocycles. The highest BCUT2D eigenvalue weighted by Crippen LogP contribution is 2.40. The molecule has 0 atom stereocenters. The largest absolute Gasteiger partial charge is 0.508 e. The minimum Gasteiger partial charge on any atom is -0.508 e. The van der Waals surface area contributed by atoms with Gasteiger partial charge in [0.25, 0.3) is 0 Å². The first kappa shape index (κ1) is 11.3. The molecule has 5 heteroatoms. The van der Waals surface area contributed by atoms with Crippen LogP contribution in [0.15, 0.2) is 29.5 Å². The third-order valence-corrected chi connectivity index (χ3v) is 4.82. The van der Waals surface area contributed by atoms with Crippen molar-refractivity contribution >= 4 is 54.6 Å². The summed E-state index contributed by atoms with van der Waals surface area (Å²) < 4.78 is 1.94. The molecule has 18 heavy (non-hydrogen) atoms. The Balaban J connectivity index is 2.66. The third kappa shape index (κ3) is 1.38. The number of hydrogen-bond donors (Lipinski definition) is 2. The molecule has 3 rings (SSSR count). The zero-order chi connectivity index (χ0) is 12.9. The van der Waals surface area contributed by atoms with Crippen LogP contribution in [0.25, 0.3) is 25.9 Å². The molecule has 0 spiro atoms. The van der Waals surface area contributed by atoms with E-state index in [1.807, 2.05) is 16.8 Å². The first-order valence-corrected chi connectivity index (χ1v) is 6.89. The van der Waals surface area contributed by atoms with Crippen molar-refractivity contribution in [1.82, 2.24) is 0 Å². The van der Waals surface area contributed by atoms with Gasteiger partial charge in [0.2, 0.25) is 0 Å². The standard InChI is InChI=1S/C13H8O3S2/c1-6(14)9-7-2-4-17-11(7)12-8(3-5-18-12)10(9)13(15)16/h2-5,14H,1H2,(H,15,16). The van der Waals surface area contributed by atoms with Crippen LogP contribution in [-0.2, 0) is 0 Å². The van der Waals surface area contributed by atoms with Crippen LogP contribution in [0.3, 0.4) is 0 Å². The maximum atomic E-state index is 11.5. The number of thiophene rings is 2. The number of aromatic carboxylic acids is 1. The van der Waals surface area contributed by atoms with Gasteiger partial charge < -0.3 is 10.2 Å². The van der Waals surface area contributed by atoms with Crippen LogP contribution >= 0.6 is 22.7 Å². The number of aliphatic hydroxyl groups excluding tert-OH is 1. The van der Waals surface area contributed by atoms with Crippen molar-refractivity contribution in [3.05, 3.63) is 40.6 Å². The van der Waals surface area contributed by atoms with E-state index in [1.165, 1.54) is 22.7 Å². The second-order valence-corrected chi connectivity index (χ2v) is 5.66. The average molecular weight is 276 g/mol. The molecule has 0 amide bonds. The van der Waals surface area contributed by atoms with Crippen LogP contribution in [0.5, 0.6) is 0 Å². The van der Waals surface area contributed by atoms with Gasteiger partial charge >= 0.3 is 5.97 Å². The molecular formula is C13H8O3S2. The Labute approximate surface area is 110 Å². The fourth-order valence-electron chi connectivity index (χ4n) is 2.16. The number of carboxylic acids is 1. The number of aliphatic hydroxyl groups is 1. The molecule has 0 unspecified atom stereocenters. The second-order valence-electron chi connectivity index (χ2n) is 3.83. The van der Waals surface area contributed by atoms with E-state index in [2.05, 4.69) is 6.58 Å². The minimum absolute atomic E-state index is 0.129. The normalized spacial score (nSPS) is 11.1. The summed E-state index contributed by atoms with van der Waals surface area (Å²) in [7, 11) is 0. The summed E-state index contributed by atoms with van der Waals surface area (Å²) in [5.74, 6) is -1.25. The lowest BCUT2D eigenvalue weighted by atomic mass is 9.99. The van der Waals surface area contributed by atoms with Crippen molar-refractivity contribution in [3.63, 3.8) is 0 Å². The number of carbonyl (C=O) groups is 1. The first-order valence-electron chi connectivity index (χ1n) is 5.13. The van der Waals surface area contributed by atoms with E-state index in [9.17, 15) is 15.0 Å². The van der Waals surface area contributed by atoms with E-state index in [0.29, 0.717) is 10.9 Å². The van der Waals surface area contributed by atoms with Gasteiger partial charge in [-0.2, -0.15) is 0 Å². The average Bonchev–Trinajstić information content (AvgIpc) is 2.93. The lowest BCUT2D eigenvalue weighted by Gasteiger charge is -2.08. The van der Waals surface area contributed by atoms with Crippen molar-refractivity contribution in [2.75, 3.05) is 0 Å². The predicted octanol–water partition coefficient (Wildman–Crippen LogP) is 4.34. The molecule has 3 nitrogen and oxygen atoms in total. The molecule has 2 heterocycles. The molecule has 2 N–H and O–H groups in total. The second kappa shape index (κ2) is 3.83. The summed E-state index contributed by atoms with van der Waals surface area (Å²) in [5, 5.41) is 24.3. The number of hydrogen-bond acceptors (Lipinski definition) is 4. The molecule has 90 valence electrons. The fourth-order valence-corrected chi connectivity index (χ4v) is 4.15. The third-order valence-electron chi connectivity index (χ3n) is 2.83. The molecule has 0 fully saturated rings. The monoisotopic (exact) mass is 276 g/mol. The van der Waals surface area contributed by atoms with Crippen molar-refractivity contribution < 1.29 is 15.0 Å². The molecular weight excluding hydrogens is 268 g/mol. The van der Waals surface area contributed by atoms with Gasteiger partial charge in [-0.05, 0) is 22.9 Å². The van der Waals surface area contributed by atoms with Crippen LogP contribution in [0, 0.1) is 0 Å². The van der Waals surface area contributed by atoms with Crippen LogP contribution in [0.2, 0.25) is 0 Å². The van der Waals surface area contributed by atoms with Crippen molar-refractivity contribution in [2.45, 2.75) is 0 Å². The number of benzene rings is 1. The Bertz CT molecular complexity index is 728. The molecule has 3 aromatic rings. The van der Waals surface area contributed by atoms with Gasteiger partial charge in [0.1, 0.15) is 5.76 Å². The zero-order valence-corrected chi connectivity index (χ0v) is 10.8. The predicted molar refractivity (Wildman–Crippen MR) is 75.8 cm³/mol. The van der Waals surface area contributed by atoms with Crippen molar-refractivity contribution in [3.8, 4) is 0 Å². The smallest absolute Gasteiger partial charge is 0.337 e. The summed E-state index contributed by atoms with van der Waals surface area (Å²) in [5.41, 5.74) is 0.453. The Morgan fingerprint density at radius 1 is 1.00 bits per heavy atom. The van der Waals surface area contributed by atoms with Crippen LogP contribution < -0.4 is 0 Å². The van der Waals surface area contributed by atoms with Gasteiger partial charge in [-0.1, -0.05) is 6.58 Å². The number of fused-ring (bicyclic) bond motifs is 3. The van der Waals surface area contributed by atoms with Gasteiger partial charge in [0, 0.05) is 16.3 Å². The molecule has 0 saturated carbocycles. The highest BCUT2D eigenvalue weighted by atomic mass is 32.1. The van der Waals surface area contributed by atoms with Crippen LogP contribution in [-0.4, -0.2) is 16.2 Å². The summed E-state index contributed by atoms with van der Waals surface area (Å²) in [4.78, 5) is 11.5. The number of rotatable bonds is 2. The highest BCUT2D eigenvalue weighted by molar-refractivity contribution is 7.25. The topological polar surface area (TPSA) is 57.5 Å². The summed E-state index contributed by atoms with van der Waals surface area (Å²) in [6.45, 7) is 3.49. The maximum absolute atomic E-state index is 11.5. The van der Waals surface area contributed by atoms with Crippen molar-refractivity contribution in [1.29, 1.82) is 0 Å². The lowest BCUT2D eigenvalue weighted by molar-refractivity contribution is 0.0698. The molecule has 0 aliphatic rings. The van der Waals surface area contributed by atoms with Gasteiger partial charge in [-0.3, -0.25) is 0 Å². The SMILES string of the molecule is C=C(O)c1c(C(=O)O)c2ccsc2c2sccc12. The maximum Gasteiger partial charge on any atom is 0.337 e. The zero-order valence-electron chi connectivity index (χ0n) is 9.14. The van der Waals surface area contributed by atoms with Crippen LogP contribution in [0.4, 0.5) is 0 Å². The fraction of sp³-hybridized carbons (Fsp3) is 0. The Kier molecular flexibility index (Phi) is 2.39. The Morgan fingerprint density at radius 2 is 1.50 bits per heavy atom. The van der Waals surface area contributed by atoms with E-state index >= 15 is 0 Å². The highest BCUT2D eigenvalue weighted by Gasteiger charge is 2.22. The van der Waals surface area contributed by atoms with E-state index < -0.39 is 5.97 Å². The molecule has 0 aliphatic carbocycles. The quantitative estimate of drug-likeness (QED) is 0.684. The summed E-state index contributed by atoms with van der Waals surface area (Å²) >= 11 is 3.05. The van der Waals surface area contributed by atoms with Gasteiger partial charge in [0.15, 0.2) is 0 Å². The van der Waals surface area contributed by atoms with E-state index in [1.54, 1.807) is 6.07 Å². The Morgan fingerprint density at radius 3 is 1.94 bits per heavy atom. The van der Waals surface area contributed by atoms with Crippen LogP contribution in [0.1, 0.15) is 15.9 Å². The lowest BCUT2D eigenvalue weighted by Crippen LogP contribution is -2.02. The van der Waals surface area contributed by atoms with E-state index in [0.717, 1.165) is 14.8 Å². The van der Waals surface area contributed by atoms with E-state index in [-0.39, 0.29) is 11.3 Å². The first-order chi connectivity index (χ1) is 8.61. The minimum atomic E-state index is -1.04. The molecule has 0 saturated heterocycles.